The minimum absolute atomic E-state index is 0.0625. The SMILES string of the molecule is CNC(=O)c1cc(COc2cnc(Nc3cnn(C[C@@H](O)CO)c3)nc2)c(F)c(OC)c1. The Bertz CT molecular complexity index is 1060. The molecule has 2 aromatic heterocycles. The van der Waals surface area contributed by atoms with E-state index >= 15 is 0 Å². The summed E-state index contributed by atoms with van der Waals surface area (Å²) in [5.41, 5.74) is 0.971. The summed E-state index contributed by atoms with van der Waals surface area (Å²) >= 11 is 0. The molecule has 1 aromatic carbocycles. The Hall–Kier alpha value is -3.77. The second-order valence-corrected chi connectivity index (χ2v) is 6.67. The van der Waals surface area contributed by atoms with Gasteiger partial charge in [-0.1, -0.05) is 0 Å². The number of hydrogen-bond donors (Lipinski definition) is 4. The van der Waals surface area contributed by atoms with Crippen molar-refractivity contribution in [3.05, 3.63) is 53.9 Å². The van der Waals surface area contributed by atoms with E-state index in [9.17, 15) is 14.3 Å². The number of hydrogen-bond acceptors (Lipinski definition) is 9. The van der Waals surface area contributed by atoms with Crippen molar-refractivity contribution in [1.29, 1.82) is 0 Å². The first kappa shape index (κ1) is 22.9. The van der Waals surface area contributed by atoms with Gasteiger partial charge in [0.1, 0.15) is 6.61 Å². The molecule has 0 spiro atoms. The van der Waals surface area contributed by atoms with E-state index < -0.39 is 11.9 Å². The van der Waals surface area contributed by atoms with Crippen LogP contribution in [0.25, 0.3) is 0 Å². The molecule has 0 unspecified atom stereocenters. The molecule has 0 aliphatic heterocycles. The summed E-state index contributed by atoms with van der Waals surface area (Å²) in [6, 6.07) is 2.70. The van der Waals surface area contributed by atoms with E-state index in [0.29, 0.717) is 11.4 Å². The molecule has 0 aliphatic rings. The number of nitrogens with zero attached hydrogens (tertiary/aromatic N) is 4. The van der Waals surface area contributed by atoms with E-state index in [2.05, 4.69) is 25.7 Å². The Morgan fingerprint density at radius 3 is 2.69 bits per heavy atom. The Labute approximate surface area is 182 Å². The molecule has 0 saturated carbocycles. The normalized spacial score (nSPS) is 11.7. The molecule has 0 radical (unpaired) electrons. The van der Waals surface area contributed by atoms with Gasteiger partial charge in [-0.3, -0.25) is 9.48 Å². The molecular formula is C20H23FN6O5. The number of aromatic nitrogens is 4. The number of benzene rings is 1. The first-order valence-electron chi connectivity index (χ1n) is 9.55. The third-order valence-corrected chi connectivity index (χ3v) is 4.34. The lowest BCUT2D eigenvalue weighted by Crippen LogP contribution is -2.19. The van der Waals surface area contributed by atoms with E-state index in [0.717, 1.165) is 0 Å². The first-order valence-corrected chi connectivity index (χ1v) is 9.55. The largest absolute Gasteiger partial charge is 0.494 e. The van der Waals surface area contributed by atoms with Gasteiger partial charge < -0.3 is 30.3 Å². The van der Waals surface area contributed by atoms with Crippen molar-refractivity contribution in [2.24, 2.45) is 0 Å². The summed E-state index contributed by atoms with van der Waals surface area (Å²) < 4.78 is 26.5. The zero-order valence-corrected chi connectivity index (χ0v) is 17.4. The van der Waals surface area contributed by atoms with E-state index in [4.69, 9.17) is 14.6 Å². The number of ether oxygens (including phenoxy) is 2. The number of halogens is 1. The number of nitrogens with one attached hydrogen (secondary N) is 2. The maximum Gasteiger partial charge on any atom is 0.251 e. The van der Waals surface area contributed by atoms with Crippen molar-refractivity contribution in [2.45, 2.75) is 19.3 Å². The maximum atomic E-state index is 14.5. The summed E-state index contributed by atoms with van der Waals surface area (Å²) in [7, 11) is 2.79. The third-order valence-electron chi connectivity index (χ3n) is 4.34. The van der Waals surface area contributed by atoms with Crippen LogP contribution in [0.1, 0.15) is 15.9 Å². The van der Waals surface area contributed by atoms with Crippen molar-refractivity contribution < 1.29 is 28.9 Å². The van der Waals surface area contributed by atoms with E-state index in [1.54, 1.807) is 6.20 Å². The second kappa shape index (κ2) is 10.5. The summed E-state index contributed by atoms with van der Waals surface area (Å²) in [6.45, 7) is -0.378. The van der Waals surface area contributed by atoms with Gasteiger partial charge in [0.15, 0.2) is 17.3 Å². The van der Waals surface area contributed by atoms with E-state index in [1.165, 1.54) is 49.6 Å². The van der Waals surface area contributed by atoms with Crippen molar-refractivity contribution in [3.8, 4) is 11.5 Å². The summed E-state index contributed by atoms with van der Waals surface area (Å²) in [4.78, 5) is 20.2. The molecule has 32 heavy (non-hydrogen) atoms. The number of methoxy groups -OCH3 is 1. The van der Waals surface area contributed by atoms with Crippen LogP contribution in [0.4, 0.5) is 16.0 Å². The van der Waals surface area contributed by atoms with Gasteiger partial charge in [-0.25, -0.2) is 14.4 Å². The average molecular weight is 446 g/mol. The molecule has 12 heteroatoms. The Balaban J connectivity index is 1.63. The van der Waals surface area contributed by atoms with Gasteiger partial charge >= 0.3 is 0 Å². The zero-order chi connectivity index (χ0) is 23.1. The van der Waals surface area contributed by atoms with Crippen molar-refractivity contribution in [3.63, 3.8) is 0 Å². The average Bonchev–Trinajstić information content (AvgIpc) is 3.25. The fourth-order valence-corrected chi connectivity index (χ4v) is 2.73. The van der Waals surface area contributed by atoms with Crippen LogP contribution in [0.5, 0.6) is 11.5 Å². The van der Waals surface area contributed by atoms with Crippen LogP contribution in [0.3, 0.4) is 0 Å². The van der Waals surface area contributed by atoms with Gasteiger partial charge in [-0.15, -0.1) is 0 Å². The van der Waals surface area contributed by atoms with Gasteiger partial charge in [-0.2, -0.15) is 5.10 Å². The number of carbonyl (C=O) groups excluding carboxylic acids is 1. The topological polar surface area (TPSA) is 144 Å². The maximum absolute atomic E-state index is 14.5. The standard InChI is InChI=1S/C20H23FN6O5/c1-22-19(30)12-3-13(18(21)17(4-12)31-2)11-32-16-6-23-20(24-7-16)26-14-5-25-27(8-14)9-15(29)10-28/h3-8,15,28-29H,9-11H2,1-2H3,(H,22,30)(H,23,24,26)/t15-/m1/s1. The van der Waals surface area contributed by atoms with Crippen LogP contribution < -0.4 is 20.1 Å². The van der Waals surface area contributed by atoms with Gasteiger partial charge in [0.2, 0.25) is 5.95 Å². The molecule has 2 heterocycles. The highest BCUT2D eigenvalue weighted by molar-refractivity contribution is 5.94. The minimum Gasteiger partial charge on any atom is -0.494 e. The molecule has 3 rings (SSSR count). The van der Waals surface area contributed by atoms with Crippen molar-refractivity contribution in [2.75, 3.05) is 26.1 Å². The molecule has 11 nitrogen and oxygen atoms in total. The Morgan fingerprint density at radius 1 is 1.28 bits per heavy atom. The predicted molar refractivity (Wildman–Crippen MR) is 111 cm³/mol. The molecule has 1 atom stereocenters. The minimum atomic E-state index is -0.905. The van der Waals surface area contributed by atoms with Gasteiger partial charge in [0.25, 0.3) is 5.91 Å². The van der Waals surface area contributed by atoms with Gasteiger partial charge in [-0.05, 0) is 12.1 Å². The number of aliphatic hydroxyl groups is 2. The molecule has 0 fully saturated rings. The van der Waals surface area contributed by atoms with E-state index in [1.807, 2.05) is 0 Å². The fraction of sp³-hybridized carbons (Fsp3) is 0.300. The number of anilines is 2. The smallest absolute Gasteiger partial charge is 0.251 e. The van der Waals surface area contributed by atoms with Crippen LogP contribution >= 0.6 is 0 Å². The molecule has 0 saturated heterocycles. The zero-order valence-electron chi connectivity index (χ0n) is 17.4. The number of carbonyl (C=O) groups is 1. The summed E-state index contributed by atoms with van der Waals surface area (Å²) in [5.74, 6) is -0.497. The highest BCUT2D eigenvalue weighted by Crippen LogP contribution is 2.24. The lowest BCUT2D eigenvalue weighted by atomic mass is 10.1. The number of rotatable bonds is 10. The molecule has 170 valence electrons. The highest BCUT2D eigenvalue weighted by Gasteiger charge is 2.16. The van der Waals surface area contributed by atoms with E-state index in [-0.39, 0.29) is 48.5 Å². The molecular weight excluding hydrogens is 423 g/mol. The lowest BCUT2D eigenvalue weighted by molar-refractivity contribution is 0.0783. The first-order chi connectivity index (χ1) is 15.4. The summed E-state index contributed by atoms with van der Waals surface area (Å²) in [5, 5.41) is 27.8. The molecule has 0 aliphatic carbocycles. The second-order valence-electron chi connectivity index (χ2n) is 6.67. The number of amides is 1. The molecule has 0 bridgehead atoms. The Kier molecular flexibility index (Phi) is 7.52. The van der Waals surface area contributed by atoms with Crippen LogP contribution in [-0.4, -0.2) is 62.7 Å². The van der Waals surface area contributed by atoms with Crippen LogP contribution in [0.15, 0.2) is 36.9 Å². The third kappa shape index (κ3) is 5.68. The monoisotopic (exact) mass is 446 g/mol. The summed E-state index contributed by atoms with van der Waals surface area (Å²) in [6.07, 6.45) is 5.06. The molecule has 1 amide bonds. The van der Waals surface area contributed by atoms with Crippen molar-refractivity contribution in [1.82, 2.24) is 25.1 Å². The quantitative estimate of drug-likeness (QED) is 0.356. The van der Waals surface area contributed by atoms with Gasteiger partial charge in [0, 0.05) is 24.4 Å². The fourth-order valence-electron chi connectivity index (χ4n) is 2.73. The van der Waals surface area contributed by atoms with Gasteiger partial charge in [0.05, 0.1) is 50.6 Å². The van der Waals surface area contributed by atoms with Crippen LogP contribution in [-0.2, 0) is 13.2 Å². The van der Waals surface area contributed by atoms with Crippen molar-refractivity contribution >= 4 is 17.5 Å². The van der Waals surface area contributed by atoms with Crippen LogP contribution in [0, 0.1) is 5.82 Å². The molecule has 4 N–H and O–H groups in total. The molecule has 3 aromatic rings. The predicted octanol–water partition coefficient (Wildman–Crippen LogP) is 0.856. The lowest BCUT2D eigenvalue weighted by Gasteiger charge is -2.12. The number of aliphatic hydroxyl groups excluding tert-OH is 2. The Morgan fingerprint density at radius 2 is 2.03 bits per heavy atom. The van der Waals surface area contributed by atoms with Crippen LogP contribution in [0.2, 0.25) is 0 Å². The highest BCUT2D eigenvalue weighted by atomic mass is 19.1.